The molecular weight excluding hydrogens is 284 g/mol. The molecular formula is C16H20N2O2S. The molecule has 1 saturated carbocycles. The summed E-state index contributed by atoms with van der Waals surface area (Å²) in [6, 6.07) is 7.69. The van der Waals surface area contributed by atoms with Crippen molar-refractivity contribution in [1.29, 1.82) is 0 Å². The zero-order valence-corrected chi connectivity index (χ0v) is 12.7. The zero-order valence-electron chi connectivity index (χ0n) is 11.9. The zero-order chi connectivity index (χ0) is 14.9. The van der Waals surface area contributed by atoms with Gasteiger partial charge in [-0.1, -0.05) is 49.7 Å². The maximum atomic E-state index is 12.8. The second kappa shape index (κ2) is 5.64. The Morgan fingerprint density at radius 2 is 2.00 bits per heavy atom. The van der Waals surface area contributed by atoms with E-state index in [-0.39, 0.29) is 11.9 Å². The molecule has 1 aromatic rings. The first-order chi connectivity index (χ1) is 10.1. The van der Waals surface area contributed by atoms with Gasteiger partial charge in [-0.15, -0.1) is 0 Å². The highest BCUT2D eigenvalue weighted by molar-refractivity contribution is 7.80. The van der Waals surface area contributed by atoms with Crippen LogP contribution in [0.2, 0.25) is 0 Å². The number of para-hydroxylation sites is 1. The number of nitrogens with two attached hydrogens (primary N) is 1. The SMILES string of the molecule is NC(=S)C1(C(=O)NC2COc3ccccc32)CCCCC1. The molecule has 1 unspecified atom stereocenters. The Balaban J connectivity index is 1.78. The van der Waals surface area contributed by atoms with Crippen LogP contribution in [-0.4, -0.2) is 17.5 Å². The molecule has 1 aliphatic carbocycles. The summed E-state index contributed by atoms with van der Waals surface area (Å²) in [5.41, 5.74) is 6.26. The van der Waals surface area contributed by atoms with Gasteiger partial charge in [0.25, 0.3) is 0 Å². The van der Waals surface area contributed by atoms with Gasteiger partial charge in [0.2, 0.25) is 5.91 Å². The maximum Gasteiger partial charge on any atom is 0.233 e. The maximum absolute atomic E-state index is 12.8. The molecule has 1 heterocycles. The van der Waals surface area contributed by atoms with E-state index in [1.54, 1.807) is 0 Å². The predicted molar refractivity (Wildman–Crippen MR) is 85.1 cm³/mol. The number of nitrogens with one attached hydrogen (secondary N) is 1. The second-order valence-electron chi connectivity index (χ2n) is 5.88. The van der Waals surface area contributed by atoms with Gasteiger partial charge < -0.3 is 15.8 Å². The van der Waals surface area contributed by atoms with Crippen molar-refractivity contribution >= 4 is 23.1 Å². The van der Waals surface area contributed by atoms with Gasteiger partial charge >= 0.3 is 0 Å². The van der Waals surface area contributed by atoms with E-state index in [9.17, 15) is 4.79 Å². The summed E-state index contributed by atoms with van der Waals surface area (Å²) in [5.74, 6) is 0.802. The Hall–Kier alpha value is -1.62. The van der Waals surface area contributed by atoms with Crippen molar-refractivity contribution < 1.29 is 9.53 Å². The molecule has 0 bridgehead atoms. The third-order valence-corrected chi connectivity index (χ3v) is 5.01. The van der Waals surface area contributed by atoms with E-state index >= 15 is 0 Å². The van der Waals surface area contributed by atoms with Gasteiger partial charge in [-0.3, -0.25) is 4.79 Å². The van der Waals surface area contributed by atoms with E-state index in [2.05, 4.69) is 5.32 Å². The highest BCUT2D eigenvalue weighted by atomic mass is 32.1. The van der Waals surface area contributed by atoms with Crippen molar-refractivity contribution in [2.24, 2.45) is 11.1 Å². The van der Waals surface area contributed by atoms with Crippen LogP contribution in [0, 0.1) is 5.41 Å². The van der Waals surface area contributed by atoms with Crippen molar-refractivity contribution in [3.63, 3.8) is 0 Å². The summed E-state index contributed by atoms with van der Waals surface area (Å²) in [5, 5.41) is 3.10. The average molecular weight is 304 g/mol. The van der Waals surface area contributed by atoms with Gasteiger partial charge in [-0.2, -0.15) is 0 Å². The number of benzene rings is 1. The van der Waals surface area contributed by atoms with E-state index < -0.39 is 5.41 Å². The highest BCUT2D eigenvalue weighted by Crippen LogP contribution is 2.39. The Morgan fingerprint density at radius 1 is 1.29 bits per heavy atom. The van der Waals surface area contributed by atoms with Crippen LogP contribution in [-0.2, 0) is 4.79 Å². The van der Waals surface area contributed by atoms with Gasteiger partial charge in [0.05, 0.1) is 16.4 Å². The Morgan fingerprint density at radius 3 is 2.71 bits per heavy atom. The lowest BCUT2D eigenvalue weighted by Gasteiger charge is -2.35. The number of amides is 1. The lowest BCUT2D eigenvalue weighted by molar-refractivity contribution is -0.129. The number of carbonyl (C=O) groups excluding carboxylic acids is 1. The summed E-state index contributed by atoms with van der Waals surface area (Å²) < 4.78 is 5.61. The summed E-state index contributed by atoms with van der Waals surface area (Å²) in [7, 11) is 0. The molecule has 1 amide bonds. The Labute approximate surface area is 130 Å². The fourth-order valence-corrected chi connectivity index (χ4v) is 3.62. The molecule has 1 atom stereocenters. The third kappa shape index (κ3) is 2.50. The normalized spacial score (nSPS) is 23.0. The molecule has 0 spiro atoms. The van der Waals surface area contributed by atoms with E-state index in [4.69, 9.17) is 22.7 Å². The van der Waals surface area contributed by atoms with E-state index in [0.717, 1.165) is 43.4 Å². The Kier molecular flexibility index (Phi) is 3.85. The molecule has 1 aromatic carbocycles. The smallest absolute Gasteiger partial charge is 0.233 e. The van der Waals surface area contributed by atoms with Crippen molar-refractivity contribution in [2.45, 2.75) is 38.1 Å². The number of ether oxygens (including phenoxy) is 1. The number of thiocarbonyl (C=S) groups is 1. The molecule has 3 rings (SSSR count). The number of fused-ring (bicyclic) bond motifs is 1. The van der Waals surface area contributed by atoms with Gasteiger partial charge in [0.1, 0.15) is 12.4 Å². The van der Waals surface area contributed by atoms with Gasteiger partial charge in [0.15, 0.2) is 0 Å². The van der Waals surface area contributed by atoms with Crippen molar-refractivity contribution in [3.05, 3.63) is 29.8 Å². The minimum Gasteiger partial charge on any atom is -0.491 e. The molecule has 112 valence electrons. The standard InChI is InChI=1S/C16H20N2O2S/c17-14(21)16(8-4-1-5-9-16)15(19)18-12-10-20-13-7-3-2-6-11(12)13/h2-3,6-7,12H,1,4-5,8-10H2,(H2,17,21)(H,18,19). The number of carbonyl (C=O) groups is 1. The van der Waals surface area contributed by atoms with Crippen LogP contribution in [0.4, 0.5) is 0 Å². The molecule has 1 aliphatic heterocycles. The molecule has 1 fully saturated rings. The highest BCUT2D eigenvalue weighted by Gasteiger charge is 2.43. The summed E-state index contributed by atoms with van der Waals surface area (Å²) in [4.78, 5) is 13.1. The molecule has 0 radical (unpaired) electrons. The number of rotatable bonds is 3. The first kappa shape index (κ1) is 14.3. The summed E-state index contributed by atoms with van der Waals surface area (Å²) >= 11 is 5.21. The van der Waals surface area contributed by atoms with E-state index in [1.165, 1.54) is 0 Å². The Bertz CT molecular complexity index is 567. The van der Waals surface area contributed by atoms with Crippen molar-refractivity contribution in [3.8, 4) is 5.75 Å². The fraction of sp³-hybridized carbons (Fsp3) is 0.500. The van der Waals surface area contributed by atoms with Crippen LogP contribution >= 0.6 is 12.2 Å². The topological polar surface area (TPSA) is 64.4 Å². The first-order valence-corrected chi connectivity index (χ1v) is 7.87. The van der Waals surface area contributed by atoms with Crippen LogP contribution in [0.3, 0.4) is 0 Å². The molecule has 3 N–H and O–H groups in total. The first-order valence-electron chi connectivity index (χ1n) is 7.46. The van der Waals surface area contributed by atoms with Crippen LogP contribution in [0.25, 0.3) is 0 Å². The number of hydrogen-bond acceptors (Lipinski definition) is 3. The van der Waals surface area contributed by atoms with Crippen LogP contribution in [0.1, 0.15) is 43.7 Å². The minimum absolute atomic E-state index is 0.0417. The predicted octanol–water partition coefficient (Wildman–Crippen LogP) is 2.47. The van der Waals surface area contributed by atoms with Crippen molar-refractivity contribution in [1.82, 2.24) is 5.32 Å². The third-order valence-electron chi connectivity index (χ3n) is 4.62. The number of hydrogen-bond donors (Lipinski definition) is 2. The lowest BCUT2D eigenvalue weighted by atomic mass is 9.73. The van der Waals surface area contributed by atoms with Crippen molar-refractivity contribution in [2.75, 3.05) is 6.61 Å². The second-order valence-corrected chi connectivity index (χ2v) is 6.32. The molecule has 5 heteroatoms. The molecule has 4 nitrogen and oxygen atoms in total. The van der Waals surface area contributed by atoms with Crippen LogP contribution < -0.4 is 15.8 Å². The van der Waals surface area contributed by atoms with Crippen LogP contribution in [0.15, 0.2) is 24.3 Å². The largest absolute Gasteiger partial charge is 0.491 e. The fourth-order valence-electron chi connectivity index (χ4n) is 3.32. The summed E-state index contributed by atoms with van der Waals surface area (Å²) in [6.45, 7) is 0.471. The van der Waals surface area contributed by atoms with Crippen LogP contribution in [0.5, 0.6) is 5.75 Å². The summed E-state index contributed by atoms with van der Waals surface area (Å²) in [6.07, 6.45) is 4.66. The van der Waals surface area contributed by atoms with Gasteiger partial charge in [-0.25, -0.2) is 0 Å². The monoisotopic (exact) mass is 304 g/mol. The molecule has 21 heavy (non-hydrogen) atoms. The van der Waals surface area contributed by atoms with E-state index in [1.807, 2.05) is 24.3 Å². The van der Waals surface area contributed by atoms with Gasteiger partial charge in [0, 0.05) is 5.56 Å². The molecule has 0 saturated heterocycles. The molecule has 0 aromatic heterocycles. The van der Waals surface area contributed by atoms with Gasteiger partial charge in [-0.05, 0) is 18.9 Å². The minimum atomic E-state index is -0.675. The van der Waals surface area contributed by atoms with E-state index in [0.29, 0.717) is 11.6 Å². The molecule has 2 aliphatic rings. The lowest BCUT2D eigenvalue weighted by Crippen LogP contribution is -2.51. The average Bonchev–Trinajstić information content (AvgIpc) is 2.91. The quantitative estimate of drug-likeness (QED) is 0.842.